The molecule has 4 rings (SSSR count). The van der Waals surface area contributed by atoms with Crippen LogP contribution < -0.4 is 10.4 Å². The second-order valence-corrected chi connectivity index (χ2v) is 7.29. The molecule has 136 valence electrons. The van der Waals surface area contributed by atoms with Crippen LogP contribution in [0.3, 0.4) is 0 Å². The number of hydrogen-bond donors (Lipinski definition) is 2. The van der Waals surface area contributed by atoms with Gasteiger partial charge in [-0.05, 0) is 41.3 Å². The van der Waals surface area contributed by atoms with Gasteiger partial charge in [-0.25, -0.2) is 4.39 Å². The summed E-state index contributed by atoms with van der Waals surface area (Å²) < 4.78 is 14.1. The average Bonchev–Trinajstić information content (AvgIpc) is 3.25. The van der Waals surface area contributed by atoms with Gasteiger partial charge in [-0.3, -0.25) is 4.79 Å². The maximum absolute atomic E-state index is 13.3. The Bertz CT molecular complexity index is 1160. The third kappa shape index (κ3) is 3.41. The number of hydrogen-bond acceptors (Lipinski definition) is 4. The Balaban J connectivity index is 1.57. The number of aliphatic carboxylic acids is 1. The molecule has 0 aliphatic rings. The minimum absolute atomic E-state index is 0.0949. The molecule has 2 heterocycles. The van der Waals surface area contributed by atoms with Crippen LogP contribution in [0.1, 0.15) is 15.2 Å². The van der Waals surface area contributed by atoms with Crippen LogP contribution in [0.4, 0.5) is 4.39 Å². The van der Waals surface area contributed by atoms with Gasteiger partial charge in [-0.1, -0.05) is 18.2 Å². The lowest BCUT2D eigenvalue weighted by Gasteiger charge is -2.19. The second-order valence-electron chi connectivity index (χ2n) is 6.20. The number of aromatic amines is 1. The molecule has 2 N–H and O–H groups in total. The lowest BCUT2D eigenvalue weighted by Crippen LogP contribution is -2.49. The summed E-state index contributed by atoms with van der Waals surface area (Å²) in [5.74, 6) is -2.27. The number of carbonyl (C=O) groups excluding carboxylic acids is 2. The molecule has 1 atom stereocenters. The minimum atomic E-state index is -1.36. The van der Waals surface area contributed by atoms with E-state index in [-0.39, 0.29) is 12.2 Å². The highest BCUT2D eigenvalue weighted by atomic mass is 32.1. The molecule has 2 aromatic heterocycles. The number of H-pyrrole nitrogens is 1. The fourth-order valence-electron chi connectivity index (χ4n) is 3.07. The SMILES string of the molecule is O=C(N[C@@H](Cc1c[nH]c2ccccc12)C(=O)[O-])c1cc2cc(F)ccc2s1. The molecule has 1 amide bonds. The van der Waals surface area contributed by atoms with Crippen LogP contribution in [0.2, 0.25) is 0 Å². The molecule has 0 unspecified atom stereocenters. The summed E-state index contributed by atoms with van der Waals surface area (Å²) in [7, 11) is 0. The topological polar surface area (TPSA) is 85.0 Å². The van der Waals surface area contributed by atoms with E-state index in [9.17, 15) is 19.1 Å². The Morgan fingerprint density at radius 3 is 2.81 bits per heavy atom. The Labute approximate surface area is 157 Å². The van der Waals surface area contributed by atoms with Crippen LogP contribution in [-0.2, 0) is 11.2 Å². The van der Waals surface area contributed by atoms with E-state index in [0.29, 0.717) is 10.3 Å². The number of nitrogens with one attached hydrogen (secondary N) is 2. The van der Waals surface area contributed by atoms with E-state index in [1.54, 1.807) is 18.3 Å². The molecule has 0 saturated carbocycles. The Hall–Kier alpha value is -3.19. The van der Waals surface area contributed by atoms with Crippen molar-refractivity contribution in [1.82, 2.24) is 10.3 Å². The second kappa shape index (κ2) is 6.85. The minimum Gasteiger partial charge on any atom is -0.548 e. The number of para-hydroxylation sites is 1. The van der Waals surface area contributed by atoms with Crippen molar-refractivity contribution in [3.8, 4) is 0 Å². The maximum Gasteiger partial charge on any atom is 0.261 e. The third-order valence-corrected chi connectivity index (χ3v) is 5.51. The van der Waals surface area contributed by atoms with E-state index in [1.165, 1.54) is 23.5 Å². The molecule has 2 aromatic carbocycles. The van der Waals surface area contributed by atoms with Crippen molar-refractivity contribution >= 4 is 44.2 Å². The van der Waals surface area contributed by atoms with Crippen molar-refractivity contribution in [3.05, 3.63) is 71.0 Å². The summed E-state index contributed by atoms with van der Waals surface area (Å²) >= 11 is 1.18. The van der Waals surface area contributed by atoms with Gasteiger partial charge >= 0.3 is 0 Å². The van der Waals surface area contributed by atoms with Gasteiger partial charge in [0, 0.05) is 28.2 Å². The zero-order valence-corrected chi connectivity index (χ0v) is 14.8. The molecule has 0 fully saturated rings. The van der Waals surface area contributed by atoms with Gasteiger partial charge in [0.25, 0.3) is 5.91 Å². The molecule has 0 aliphatic carbocycles. The summed E-state index contributed by atoms with van der Waals surface area (Å²) in [6.07, 6.45) is 1.83. The molecule has 0 spiro atoms. The van der Waals surface area contributed by atoms with E-state index < -0.39 is 17.9 Å². The number of thiophene rings is 1. The van der Waals surface area contributed by atoms with Crippen molar-refractivity contribution in [1.29, 1.82) is 0 Å². The summed E-state index contributed by atoms with van der Waals surface area (Å²) in [4.78, 5) is 27.5. The zero-order valence-electron chi connectivity index (χ0n) is 14.0. The van der Waals surface area contributed by atoms with Gasteiger partial charge in [0.15, 0.2) is 0 Å². The monoisotopic (exact) mass is 381 g/mol. The quantitative estimate of drug-likeness (QED) is 0.557. The summed E-state index contributed by atoms with van der Waals surface area (Å²) in [6, 6.07) is 12.1. The highest BCUT2D eigenvalue weighted by molar-refractivity contribution is 7.20. The lowest BCUT2D eigenvalue weighted by molar-refractivity contribution is -0.308. The van der Waals surface area contributed by atoms with Gasteiger partial charge in [0.2, 0.25) is 0 Å². The number of carbonyl (C=O) groups is 2. The Kier molecular flexibility index (Phi) is 4.37. The highest BCUT2D eigenvalue weighted by Gasteiger charge is 2.19. The van der Waals surface area contributed by atoms with E-state index in [1.807, 2.05) is 24.3 Å². The van der Waals surface area contributed by atoms with Crippen LogP contribution in [0, 0.1) is 5.82 Å². The smallest absolute Gasteiger partial charge is 0.261 e. The van der Waals surface area contributed by atoms with Crippen molar-refractivity contribution in [2.24, 2.45) is 0 Å². The number of carboxylic acids is 1. The molecular weight excluding hydrogens is 367 g/mol. The first kappa shape index (κ1) is 17.2. The van der Waals surface area contributed by atoms with Gasteiger partial charge in [-0.15, -0.1) is 11.3 Å². The molecule has 7 heteroatoms. The Morgan fingerprint density at radius 2 is 2.00 bits per heavy atom. The first-order valence-corrected chi connectivity index (χ1v) is 9.09. The van der Waals surface area contributed by atoms with Crippen LogP contribution >= 0.6 is 11.3 Å². The molecule has 0 saturated heterocycles. The van der Waals surface area contributed by atoms with E-state index in [4.69, 9.17) is 0 Å². The molecule has 5 nitrogen and oxygen atoms in total. The number of amides is 1. The summed E-state index contributed by atoms with van der Waals surface area (Å²) in [5.41, 5.74) is 1.67. The van der Waals surface area contributed by atoms with E-state index in [0.717, 1.165) is 21.2 Å². The van der Waals surface area contributed by atoms with Crippen LogP contribution in [0.5, 0.6) is 0 Å². The first-order valence-electron chi connectivity index (χ1n) is 8.27. The van der Waals surface area contributed by atoms with Crippen molar-refractivity contribution in [2.75, 3.05) is 0 Å². The molecular formula is C20H14FN2O3S-. The number of benzene rings is 2. The van der Waals surface area contributed by atoms with Crippen LogP contribution in [-0.4, -0.2) is 22.9 Å². The Morgan fingerprint density at radius 1 is 1.19 bits per heavy atom. The van der Waals surface area contributed by atoms with Gasteiger partial charge in [0.05, 0.1) is 16.9 Å². The van der Waals surface area contributed by atoms with Crippen molar-refractivity contribution < 1.29 is 19.1 Å². The van der Waals surface area contributed by atoms with Crippen molar-refractivity contribution in [2.45, 2.75) is 12.5 Å². The number of halogens is 1. The number of fused-ring (bicyclic) bond motifs is 2. The zero-order chi connectivity index (χ0) is 19.0. The standard InChI is InChI=1S/C20H15FN2O3S/c21-13-5-6-17-11(7-13)9-18(27-17)19(24)23-16(20(25)26)8-12-10-22-15-4-2-1-3-14(12)15/h1-7,9-10,16,22H,8H2,(H,23,24)(H,25,26)/p-1/t16-/m0/s1. The molecule has 0 aliphatic heterocycles. The van der Waals surface area contributed by atoms with Gasteiger partial charge in [0.1, 0.15) is 5.82 Å². The highest BCUT2D eigenvalue weighted by Crippen LogP contribution is 2.26. The number of aromatic nitrogens is 1. The summed E-state index contributed by atoms with van der Waals surface area (Å²) in [6.45, 7) is 0. The van der Waals surface area contributed by atoms with Crippen LogP contribution in [0.15, 0.2) is 54.7 Å². The molecule has 0 bridgehead atoms. The van der Waals surface area contributed by atoms with Crippen LogP contribution in [0.25, 0.3) is 21.0 Å². The van der Waals surface area contributed by atoms with E-state index in [2.05, 4.69) is 10.3 Å². The molecule has 27 heavy (non-hydrogen) atoms. The predicted octanol–water partition coefficient (Wildman–Crippen LogP) is 2.61. The average molecular weight is 381 g/mol. The molecule has 4 aromatic rings. The normalized spacial score (nSPS) is 12.3. The lowest BCUT2D eigenvalue weighted by atomic mass is 10.0. The van der Waals surface area contributed by atoms with Gasteiger partial charge < -0.3 is 20.2 Å². The fourth-order valence-corrected chi connectivity index (χ4v) is 4.02. The number of rotatable bonds is 5. The molecule has 0 radical (unpaired) electrons. The summed E-state index contributed by atoms with van der Waals surface area (Å²) in [5, 5.41) is 15.6. The largest absolute Gasteiger partial charge is 0.548 e. The maximum atomic E-state index is 13.3. The van der Waals surface area contributed by atoms with Crippen molar-refractivity contribution in [3.63, 3.8) is 0 Å². The third-order valence-electron chi connectivity index (χ3n) is 4.39. The van der Waals surface area contributed by atoms with E-state index >= 15 is 0 Å². The predicted molar refractivity (Wildman–Crippen MR) is 100 cm³/mol. The van der Waals surface area contributed by atoms with Gasteiger partial charge in [-0.2, -0.15) is 0 Å². The first-order chi connectivity index (χ1) is 13.0. The number of carboxylic acid groups (broad SMARTS) is 1. The fraction of sp³-hybridized carbons (Fsp3) is 0.100.